The number of aldehydes is 1. The van der Waals surface area contributed by atoms with E-state index in [9.17, 15) is 14.0 Å². The second-order valence-corrected chi connectivity index (χ2v) is 5.80. The van der Waals surface area contributed by atoms with E-state index in [-0.39, 0.29) is 18.4 Å². The number of nitrogens with zero attached hydrogens (tertiary/aromatic N) is 1. The van der Waals surface area contributed by atoms with Crippen LogP contribution in [0.2, 0.25) is 0 Å². The Bertz CT molecular complexity index is 293. The van der Waals surface area contributed by atoms with E-state index in [2.05, 4.69) is 0 Å². The normalized spacial score (nSPS) is 19.4. The van der Waals surface area contributed by atoms with Gasteiger partial charge in [-0.1, -0.05) is 0 Å². The molecule has 0 N–H and O–H groups in total. The van der Waals surface area contributed by atoms with Crippen LogP contribution in [0.25, 0.3) is 0 Å². The second-order valence-electron chi connectivity index (χ2n) is 5.80. The largest absolute Gasteiger partial charge is 0.444 e. The van der Waals surface area contributed by atoms with Crippen LogP contribution in [0.1, 0.15) is 40.0 Å². The lowest BCUT2D eigenvalue weighted by Crippen LogP contribution is -2.42. The first-order valence-electron chi connectivity index (χ1n) is 6.39. The van der Waals surface area contributed by atoms with Gasteiger partial charge in [-0.2, -0.15) is 0 Å². The number of alkyl halides is 1. The number of amides is 1. The van der Waals surface area contributed by atoms with E-state index in [1.165, 1.54) is 0 Å². The van der Waals surface area contributed by atoms with Crippen molar-refractivity contribution in [3.8, 4) is 0 Å². The van der Waals surface area contributed by atoms with Gasteiger partial charge in [0.15, 0.2) is 12.5 Å². The molecule has 4 nitrogen and oxygen atoms in total. The lowest BCUT2D eigenvalue weighted by molar-refractivity contribution is -0.112. The standard InChI is InChI=1S/C13H22FNO3/c1-13(2,3)18-12(17)15-6-4-10(5-7-15)8-11(14)9-16/h9-11H,4-8H2,1-3H3. The highest BCUT2D eigenvalue weighted by Gasteiger charge is 2.27. The molecule has 0 aromatic carbocycles. The zero-order chi connectivity index (χ0) is 13.8. The SMILES string of the molecule is CC(C)(C)OC(=O)N1CCC(CC(F)C=O)CC1. The molecule has 0 spiro atoms. The van der Waals surface area contributed by atoms with Crippen LogP contribution in [-0.2, 0) is 9.53 Å². The molecule has 0 aromatic heterocycles. The summed E-state index contributed by atoms with van der Waals surface area (Å²) in [5.74, 6) is 0.184. The van der Waals surface area contributed by atoms with Crippen molar-refractivity contribution in [1.29, 1.82) is 0 Å². The summed E-state index contributed by atoms with van der Waals surface area (Å²) in [5.41, 5.74) is -0.491. The molecule has 1 heterocycles. The van der Waals surface area contributed by atoms with E-state index in [0.29, 0.717) is 19.4 Å². The summed E-state index contributed by atoms with van der Waals surface area (Å²) >= 11 is 0. The highest BCUT2D eigenvalue weighted by molar-refractivity contribution is 5.68. The van der Waals surface area contributed by atoms with Crippen LogP contribution in [-0.4, -0.2) is 42.1 Å². The zero-order valence-corrected chi connectivity index (χ0v) is 11.3. The van der Waals surface area contributed by atoms with Gasteiger partial charge in [0, 0.05) is 13.1 Å². The van der Waals surface area contributed by atoms with Gasteiger partial charge in [-0.25, -0.2) is 9.18 Å². The van der Waals surface area contributed by atoms with E-state index in [4.69, 9.17) is 4.74 Å². The lowest BCUT2D eigenvalue weighted by Gasteiger charge is -2.33. The summed E-state index contributed by atoms with van der Waals surface area (Å²) < 4.78 is 18.2. The van der Waals surface area contributed by atoms with E-state index < -0.39 is 11.8 Å². The highest BCUT2D eigenvalue weighted by atomic mass is 19.1. The van der Waals surface area contributed by atoms with Gasteiger partial charge in [0.05, 0.1) is 0 Å². The molecular weight excluding hydrogens is 237 g/mol. The van der Waals surface area contributed by atoms with E-state index in [1.54, 1.807) is 4.90 Å². The summed E-state index contributed by atoms with van der Waals surface area (Å²) in [6, 6.07) is 0. The van der Waals surface area contributed by atoms with Crippen molar-refractivity contribution in [2.75, 3.05) is 13.1 Å². The van der Waals surface area contributed by atoms with Crippen molar-refractivity contribution >= 4 is 12.4 Å². The minimum absolute atomic E-state index is 0.184. The number of carbonyl (C=O) groups excluding carboxylic acids is 2. The maximum atomic E-state index is 12.9. The molecule has 1 atom stereocenters. The maximum Gasteiger partial charge on any atom is 0.410 e. The number of rotatable bonds is 3. The molecule has 104 valence electrons. The van der Waals surface area contributed by atoms with Gasteiger partial charge >= 0.3 is 6.09 Å². The number of likely N-dealkylation sites (tertiary alicyclic amines) is 1. The molecule has 5 heteroatoms. The first-order chi connectivity index (χ1) is 8.31. The minimum Gasteiger partial charge on any atom is -0.444 e. The van der Waals surface area contributed by atoms with Crippen molar-refractivity contribution in [1.82, 2.24) is 4.90 Å². The Labute approximate surface area is 107 Å². The molecule has 1 aliphatic rings. The van der Waals surface area contributed by atoms with Gasteiger partial charge in [-0.3, -0.25) is 0 Å². The summed E-state index contributed by atoms with van der Waals surface area (Å²) in [5, 5.41) is 0. The molecule has 1 rings (SSSR count). The van der Waals surface area contributed by atoms with Gasteiger partial charge in [-0.05, 0) is 46.0 Å². The van der Waals surface area contributed by atoms with Gasteiger partial charge in [-0.15, -0.1) is 0 Å². The first-order valence-corrected chi connectivity index (χ1v) is 6.39. The van der Waals surface area contributed by atoms with Crippen LogP contribution in [0.3, 0.4) is 0 Å². The van der Waals surface area contributed by atoms with Crippen molar-refractivity contribution < 1.29 is 18.7 Å². The van der Waals surface area contributed by atoms with Crippen LogP contribution in [0, 0.1) is 5.92 Å². The number of ether oxygens (including phenoxy) is 1. The molecule has 1 saturated heterocycles. The van der Waals surface area contributed by atoms with Gasteiger partial charge < -0.3 is 14.4 Å². The topological polar surface area (TPSA) is 46.6 Å². The number of hydrogen-bond acceptors (Lipinski definition) is 3. The summed E-state index contributed by atoms with van der Waals surface area (Å²) in [4.78, 5) is 23.7. The zero-order valence-electron chi connectivity index (χ0n) is 11.3. The summed E-state index contributed by atoms with van der Waals surface area (Å²) in [6.07, 6.45) is 0.392. The molecule has 0 radical (unpaired) electrons. The fraction of sp³-hybridized carbons (Fsp3) is 0.846. The van der Waals surface area contributed by atoms with Crippen molar-refractivity contribution in [2.24, 2.45) is 5.92 Å². The quantitative estimate of drug-likeness (QED) is 0.732. The smallest absolute Gasteiger partial charge is 0.410 e. The van der Waals surface area contributed by atoms with Gasteiger partial charge in [0.2, 0.25) is 0 Å². The van der Waals surface area contributed by atoms with Gasteiger partial charge in [0.25, 0.3) is 0 Å². The van der Waals surface area contributed by atoms with E-state index in [1.807, 2.05) is 20.8 Å². The average molecular weight is 259 g/mol. The molecule has 18 heavy (non-hydrogen) atoms. The van der Waals surface area contributed by atoms with E-state index in [0.717, 1.165) is 12.8 Å². The number of halogens is 1. The lowest BCUT2D eigenvalue weighted by atomic mass is 9.92. The third-order valence-electron chi connectivity index (χ3n) is 2.97. The second kappa shape index (κ2) is 6.16. The Morgan fingerprint density at radius 1 is 1.44 bits per heavy atom. The number of piperidine rings is 1. The number of carbonyl (C=O) groups is 2. The Kier molecular flexibility index (Phi) is 5.11. The van der Waals surface area contributed by atoms with Crippen molar-refractivity contribution in [2.45, 2.75) is 51.8 Å². The Morgan fingerprint density at radius 2 is 2.00 bits per heavy atom. The summed E-state index contributed by atoms with van der Waals surface area (Å²) in [7, 11) is 0. The molecule has 0 aromatic rings. The molecule has 1 aliphatic heterocycles. The van der Waals surface area contributed by atoms with Crippen molar-refractivity contribution in [3.63, 3.8) is 0 Å². The van der Waals surface area contributed by atoms with Crippen LogP contribution in [0.4, 0.5) is 9.18 Å². The fourth-order valence-corrected chi connectivity index (χ4v) is 2.05. The molecule has 0 aliphatic carbocycles. The molecule has 0 saturated carbocycles. The Balaban J connectivity index is 2.35. The monoisotopic (exact) mass is 259 g/mol. The molecular formula is C13H22FNO3. The van der Waals surface area contributed by atoms with Crippen LogP contribution < -0.4 is 0 Å². The minimum atomic E-state index is -1.37. The third kappa shape index (κ3) is 5.02. The van der Waals surface area contributed by atoms with Crippen LogP contribution in [0.15, 0.2) is 0 Å². The molecule has 1 amide bonds. The van der Waals surface area contributed by atoms with Gasteiger partial charge in [0.1, 0.15) is 5.60 Å². The summed E-state index contributed by atoms with van der Waals surface area (Å²) in [6.45, 7) is 6.64. The number of hydrogen-bond donors (Lipinski definition) is 0. The first kappa shape index (κ1) is 14.9. The molecule has 1 fully saturated rings. The third-order valence-corrected chi connectivity index (χ3v) is 2.97. The average Bonchev–Trinajstić information content (AvgIpc) is 2.27. The predicted molar refractivity (Wildman–Crippen MR) is 66.1 cm³/mol. The molecule has 0 bridgehead atoms. The highest BCUT2D eigenvalue weighted by Crippen LogP contribution is 2.23. The maximum absolute atomic E-state index is 12.9. The molecule has 1 unspecified atom stereocenters. The Hall–Kier alpha value is -1.13. The van der Waals surface area contributed by atoms with Crippen molar-refractivity contribution in [3.05, 3.63) is 0 Å². The predicted octanol–water partition coefficient (Wildman–Crippen LogP) is 2.56. The van der Waals surface area contributed by atoms with E-state index >= 15 is 0 Å². The Morgan fingerprint density at radius 3 is 2.44 bits per heavy atom. The fourth-order valence-electron chi connectivity index (χ4n) is 2.05. The van der Waals surface area contributed by atoms with Crippen LogP contribution >= 0.6 is 0 Å². The van der Waals surface area contributed by atoms with Crippen LogP contribution in [0.5, 0.6) is 0 Å².